The zero-order chi connectivity index (χ0) is 17.4. The lowest BCUT2D eigenvalue weighted by atomic mass is 10.0. The zero-order valence-electron chi connectivity index (χ0n) is 14.1. The second kappa shape index (κ2) is 8.87. The van der Waals surface area contributed by atoms with Crippen LogP contribution in [0.25, 0.3) is 0 Å². The van der Waals surface area contributed by atoms with E-state index in [-0.39, 0.29) is 12.5 Å². The summed E-state index contributed by atoms with van der Waals surface area (Å²) < 4.78 is 5.04. The van der Waals surface area contributed by atoms with Crippen molar-refractivity contribution in [1.82, 2.24) is 5.32 Å². The van der Waals surface area contributed by atoms with Gasteiger partial charge in [0.2, 0.25) is 0 Å². The van der Waals surface area contributed by atoms with Crippen LogP contribution in [0.2, 0.25) is 0 Å². The molecule has 0 saturated carbocycles. The van der Waals surface area contributed by atoms with Crippen molar-refractivity contribution in [3.05, 3.63) is 71.3 Å². The average Bonchev–Trinajstić information content (AvgIpc) is 2.60. The minimum Gasteiger partial charge on any atom is -0.452 e. The summed E-state index contributed by atoms with van der Waals surface area (Å²) in [6, 6.07) is 17.2. The van der Waals surface area contributed by atoms with Crippen molar-refractivity contribution in [3.8, 4) is 0 Å². The topological polar surface area (TPSA) is 55.4 Å². The van der Waals surface area contributed by atoms with E-state index in [0.29, 0.717) is 18.0 Å². The van der Waals surface area contributed by atoms with Crippen LogP contribution >= 0.6 is 0 Å². The van der Waals surface area contributed by atoms with E-state index in [2.05, 4.69) is 19.2 Å². The Bertz CT molecular complexity index is 663. The van der Waals surface area contributed by atoms with Gasteiger partial charge in [-0.1, -0.05) is 56.3 Å². The van der Waals surface area contributed by atoms with Gasteiger partial charge in [0, 0.05) is 6.54 Å². The van der Waals surface area contributed by atoms with Gasteiger partial charge in [0.25, 0.3) is 5.91 Å². The third kappa shape index (κ3) is 5.54. The average molecular weight is 325 g/mol. The van der Waals surface area contributed by atoms with Gasteiger partial charge in [-0.2, -0.15) is 0 Å². The van der Waals surface area contributed by atoms with Gasteiger partial charge in [-0.05, 0) is 35.6 Å². The van der Waals surface area contributed by atoms with E-state index in [9.17, 15) is 9.59 Å². The summed E-state index contributed by atoms with van der Waals surface area (Å²) >= 11 is 0. The van der Waals surface area contributed by atoms with Crippen molar-refractivity contribution in [1.29, 1.82) is 0 Å². The molecule has 2 aromatic rings. The molecule has 4 nitrogen and oxygen atoms in total. The Kier molecular flexibility index (Phi) is 6.55. The number of hydrogen-bond donors (Lipinski definition) is 1. The molecule has 0 atom stereocenters. The molecule has 1 N–H and O–H groups in total. The number of carbonyl (C=O) groups excluding carboxylic acids is 2. The van der Waals surface area contributed by atoms with Crippen LogP contribution in [0.4, 0.5) is 0 Å². The highest BCUT2D eigenvalue weighted by Gasteiger charge is 2.10. The third-order valence-corrected chi connectivity index (χ3v) is 3.73. The molecule has 126 valence electrons. The van der Waals surface area contributed by atoms with Gasteiger partial charge >= 0.3 is 5.97 Å². The fourth-order valence-corrected chi connectivity index (χ4v) is 2.26. The molecule has 0 heterocycles. The van der Waals surface area contributed by atoms with Crippen molar-refractivity contribution in [2.24, 2.45) is 0 Å². The molecule has 0 saturated heterocycles. The lowest BCUT2D eigenvalue weighted by Crippen LogP contribution is -2.30. The van der Waals surface area contributed by atoms with Crippen LogP contribution in [-0.4, -0.2) is 25.0 Å². The Morgan fingerprint density at radius 3 is 2.29 bits per heavy atom. The molecule has 0 aliphatic carbocycles. The Morgan fingerprint density at radius 1 is 1.00 bits per heavy atom. The molecule has 24 heavy (non-hydrogen) atoms. The van der Waals surface area contributed by atoms with Crippen LogP contribution in [0, 0.1) is 0 Å². The van der Waals surface area contributed by atoms with Crippen molar-refractivity contribution >= 4 is 11.9 Å². The Balaban J connectivity index is 1.71. The summed E-state index contributed by atoms with van der Waals surface area (Å²) in [7, 11) is 0. The maximum atomic E-state index is 11.9. The Morgan fingerprint density at radius 2 is 1.67 bits per heavy atom. The summed E-state index contributed by atoms with van der Waals surface area (Å²) in [6.45, 7) is 4.43. The van der Waals surface area contributed by atoms with Gasteiger partial charge in [0.05, 0.1) is 5.56 Å². The van der Waals surface area contributed by atoms with Gasteiger partial charge in [-0.25, -0.2) is 4.79 Å². The zero-order valence-corrected chi connectivity index (χ0v) is 14.1. The summed E-state index contributed by atoms with van der Waals surface area (Å²) in [5, 5.41) is 2.75. The van der Waals surface area contributed by atoms with Crippen LogP contribution in [0.15, 0.2) is 54.6 Å². The summed E-state index contributed by atoms with van der Waals surface area (Å²) in [5.41, 5.74) is 2.77. The molecule has 0 unspecified atom stereocenters. The van der Waals surface area contributed by atoms with E-state index in [4.69, 9.17) is 4.74 Å². The predicted octanol–water partition coefficient (Wildman–Crippen LogP) is 3.33. The van der Waals surface area contributed by atoms with Crippen LogP contribution in [-0.2, 0) is 16.0 Å². The van der Waals surface area contributed by atoms with Crippen LogP contribution in [0.1, 0.15) is 41.3 Å². The molecule has 0 spiro atoms. The largest absolute Gasteiger partial charge is 0.452 e. The van der Waals surface area contributed by atoms with Crippen LogP contribution < -0.4 is 5.32 Å². The van der Waals surface area contributed by atoms with Crippen molar-refractivity contribution in [3.63, 3.8) is 0 Å². The van der Waals surface area contributed by atoms with Gasteiger partial charge in [-0.15, -0.1) is 0 Å². The normalized spacial score (nSPS) is 10.5. The number of amides is 1. The van der Waals surface area contributed by atoms with Crippen molar-refractivity contribution < 1.29 is 14.3 Å². The second-order valence-corrected chi connectivity index (χ2v) is 5.94. The SMILES string of the molecule is CC(C)c1ccc(C(=O)OCC(=O)NCCc2ccccc2)cc1. The number of ether oxygens (including phenoxy) is 1. The van der Waals surface area contributed by atoms with Gasteiger partial charge in [-0.3, -0.25) is 4.79 Å². The molecule has 0 aromatic heterocycles. The first-order valence-corrected chi connectivity index (χ1v) is 8.14. The number of carbonyl (C=O) groups is 2. The monoisotopic (exact) mass is 325 g/mol. The molecule has 2 aromatic carbocycles. The maximum Gasteiger partial charge on any atom is 0.338 e. The maximum absolute atomic E-state index is 11.9. The number of benzene rings is 2. The first kappa shape index (κ1) is 17.7. The lowest BCUT2D eigenvalue weighted by molar-refractivity contribution is -0.124. The number of hydrogen-bond acceptors (Lipinski definition) is 3. The first-order chi connectivity index (χ1) is 11.6. The molecule has 0 fully saturated rings. The van der Waals surface area contributed by atoms with Crippen LogP contribution in [0.3, 0.4) is 0 Å². The quantitative estimate of drug-likeness (QED) is 0.795. The molecule has 0 aliphatic heterocycles. The smallest absolute Gasteiger partial charge is 0.338 e. The van der Waals surface area contributed by atoms with E-state index in [1.54, 1.807) is 12.1 Å². The van der Waals surface area contributed by atoms with E-state index in [1.165, 1.54) is 0 Å². The van der Waals surface area contributed by atoms with Gasteiger partial charge in [0.15, 0.2) is 6.61 Å². The summed E-state index contributed by atoms with van der Waals surface area (Å²) in [6.07, 6.45) is 0.747. The van der Waals surface area contributed by atoms with E-state index in [0.717, 1.165) is 17.5 Å². The molecular weight excluding hydrogens is 302 g/mol. The minimum atomic E-state index is -0.483. The van der Waals surface area contributed by atoms with Gasteiger partial charge in [0.1, 0.15) is 0 Å². The molecule has 0 aliphatic rings. The highest BCUT2D eigenvalue weighted by Crippen LogP contribution is 2.15. The molecule has 0 radical (unpaired) electrons. The second-order valence-electron chi connectivity index (χ2n) is 5.94. The molecule has 2 rings (SSSR count). The first-order valence-electron chi connectivity index (χ1n) is 8.14. The third-order valence-electron chi connectivity index (χ3n) is 3.73. The molecule has 1 amide bonds. The fraction of sp³-hybridized carbons (Fsp3) is 0.300. The van der Waals surface area contributed by atoms with Crippen molar-refractivity contribution in [2.45, 2.75) is 26.2 Å². The van der Waals surface area contributed by atoms with Gasteiger partial charge < -0.3 is 10.1 Å². The Hall–Kier alpha value is -2.62. The molecular formula is C20H23NO3. The summed E-state index contributed by atoms with van der Waals surface area (Å²) in [4.78, 5) is 23.6. The highest BCUT2D eigenvalue weighted by atomic mass is 16.5. The molecule has 4 heteroatoms. The summed E-state index contributed by atoms with van der Waals surface area (Å²) in [5.74, 6) is -0.368. The highest BCUT2D eigenvalue weighted by molar-refractivity contribution is 5.91. The van der Waals surface area contributed by atoms with Crippen LogP contribution in [0.5, 0.6) is 0 Å². The predicted molar refractivity (Wildman–Crippen MR) is 94.0 cm³/mol. The lowest BCUT2D eigenvalue weighted by Gasteiger charge is -2.08. The fourth-order valence-electron chi connectivity index (χ4n) is 2.26. The minimum absolute atomic E-state index is 0.264. The van der Waals surface area contributed by atoms with Crippen molar-refractivity contribution in [2.75, 3.05) is 13.2 Å². The standard InChI is InChI=1S/C20H23NO3/c1-15(2)17-8-10-18(11-9-17)20(23)24-14-19(22)21-13-12-16-6-4-3-5-7-16/h3-11,15H,12-14H2,1-2H3,(H,21,22). The van der Waals surface area contributed by atoms with E-state index >= 15 is 0 Å². The van der Waals surface area contributed by atoms with E-state index in [1.807, 2.05) is 42.5 Å². The number of nitrogens with one attached hydrogen (secondary N) is 1. The number of rotatable bonds is 7. The molecule has 0 bridgehead atoms. The van der Waals surface area contributed by atoms with E-state index < -0.39 is 5.97 Å². The number of esters is 1. The Labute approximate surface area is 142 Å².